The molecule has 2 aromatic rings. The number of allylic oxidation sites excluding steroid dienone is 1. The summed E-state index contributed by atoms with van der Waals surface area (Å²) in [5.41, 5.74) is 6.31. The topological polar surface area (TPSA) is 12.0 Å². The number of hydrogen-bond donors (Lipinski definition) is 1. The van der Waals surface area contributed by atoms with Crippen LogP contribution >= 0.6 is 11.6 Å². The van der Waals surface area contributed by atoms with Crippen LogP contribution in [-0.2, 0) is 0 Å². The molecule has 0 amide bonds. The molecule has 0 saturated heterocycles. The molecule has 0 aliphatic carbocycles. The highest BCUT2D eigenvalue weighted by Gasteiger charge is 2.27. The maximum Gasteiger partial charge on any atom is 0.131 e. The minimum Gasteiger partial charge on any atom is -0.376 e. The maximum absolute atomic E-state index is 14.4. The van der Waals surface area contributed by atoms with Crippen LogP contribution in [-0.4, -0.2) is 5.54 Å². The van der Waals surface area contributed by atoms with Gasteiger partial charge in [0, 0.05) is 22.4 Å². The van der Waals surface area contributed by atoms with Gasteiger partial charge in [-0.2, -0.15) is 0 Å². The lowest BCUT2D eigenvalue weighted by molar-refractivity contribution is 0.630. The van der Waals surface area contributed by atoms with E-state index in [2.05, 4.69) is 32.2 Å². The number of anilines is 1. The Hall–Kier alpha value is -1.80. The minimum absolute atomic E-state index is 0.124. The molecule has 0 unspecified atom stereocenters. The van der Waals surface area contributed by atoms with Crippen LogP contribution in [0.3, 0.4) is 0 Å². The van der Waals surface area contributed by atoms with Crippen molar-refractivity contribution in [3.8, 4) is 11.1 Å². The summed E-state index contributed by atoms with van der Waals surface area (Å²) < 4.78 is 14.4. The first-order valence-electron chi connectivity index (χ1n) is 7.78. The quantitative estimate of drug-likeness (QED) is 0.641. The summed E-state index contributed by atoms with van der Waals surface area (Å²) in [6.45, 7) is 10.3. The van der Waals surface area contributed by atoms with E-state index in [9.17, 15) is 4.39 Å². The Morgan fingerprint density at radius 2 is 1.74 bits per heavy atom. The lowest BCUT2D eigenvalue weighted by atomic mass is 9.86. The van der Waals surface area contributed by atoms with Crippen LogP contribution in [0.15, 0.2) is 30.3 Å². The van der Waals surface area contributed by atoms with E-state index in [4.69, 9.17) is 11.6 Å². The molecular weight excluding hydrogens is 309 g/mol. The van der Waals surface area contributed by atoms with Crippen molar-refractivity contribution in [2.75, 3.05) is 5.32 Å². The van der Waals surface area contributed by atoms with Gasteiger partial charge >= 0.3 is 0 Å². The van der Waals surface area contributed by atoms with Crippen LogP contribution in [0.1, 0.15) is 37.5 Å². The Bertz CT molecular complexity index is 814. The van der Waals surface area contributed by atoms with E-state index in [1.807, 2.05) is 26.0 Å². The average molecular weight is 330 g/mol. The predicted octanol–water partition coefficient (Wildman–Crippen LogP) is 6.37. The third-order valence-corrected chi connectivity index (χ3v) is 4.76. The molecule has 120 valence electrons. The highest BCUT2D eigenvalue weighted by molar-refractivity contribution is 6.36. The Labute approximate surface area is 142 Å². The summed E-state index contributed by atoms with van der Waals surface area (Å²) in [4.78, 5) is 0. The van der Waals surface area contributed by atoms with Crippen LogP contribution in [0, 0.1) is 19.7 Å². The van der Waals surface area contributed by atoms with Gasteiger partial charge in [-0.3, -0.25) is 0 Å². The first-order valence-corrected chi connectivity index (χ1v) is 8.15. The van der Waals surface area contributed by atoms with Gasteiger partial charge in [-0.05, 0) is 63.5 Å². The predicted molar refractivity (Wildman–Crippen MR) is 97.7 cm³/mol. The van der Waals surface area contributed by atoms with Gasteiger partial charge in [-0.15, -0.1) is 0 Å². The lowest BCUT2D eigenvalue weighted by Gasteiger charge is -2.34. The van der Waals surface area contributed by atoms with Crippen molar-refractivity contribution in [3.05, 3.63) is 57.9 Å². The Balaban J connectivity index is 2.33. The minimum atomic E-state index is -0.239. The second-order valence-corrected chi connectivity index (χ2v) is 7.29. The van der Waals surface area contributed by atoms with Gasteiger partial charge in [0.2, 0.25) is 0 Å². The monoisotopic (exact) mass is 329 g/mol. The van der Waals surface area contributed by atoms with Crippen molar-refractivity contribution in [1.82, 2.24) is 0 Å². The summed E-state index contributed by atoms with van der Waals surface area (Å²) in [6, 6.07) is 7.10. The zero-order valence-electron chi connectivity index (χ0n) is 14.1. The second kappa shape index (κ2) is 5.38. The number of rotatable bonds is 1. The molecule has 3 rings (SSSR count). The lowest BCUT2D eigenvalue weighted by Crippen LogP contribution is -2.32. The molecule has 2 aromatic carbocycles. The van der Waals surface area contributed by atoms with Gasteiger partial charge < -0.3 is 5.32 Å². The Morgan fingerprint density at radius 3 is 2.39 bits per heavy atom. The van der Waals surface area contributed by atoms with Crippen LogP contribution in [0.2, 0.25) is 5.02 Å². The first kappa shape index (κ1) is 16.1. The Kier molecular flexibility index (Phi) is 3.76. The van der Waals surface area contributed by atoms with E-state index in [1.165, 1.54) is 6.07 Å². The van der Waals surface area contributed by atoms with Gasteiger partial charge in [-0.25, -0.2) is 4.39 Å². The molecule has 1 N–H and O–H groups in total. The molecule has 0 fully saturated rings. The van der Waals surface area contributed by atoms with Crippen molar-refractivity contribution in [2.24, 2.45) is 0 Å². The van der Waals surface area contributed by atoms with Crippen LogP contribution in [0.25, 0.3) is 16.7 Å². The van der Waals surface area contributed by atoms with E-state index < -0.39 is 0 Å². The van der Waals surface area contributed by atoms with E-state index in [0.717, 1.165) is 33.5 Å². The molecule has 0 radical (unpaired) electrons. The fourth-order valence-corrected chi connectivity index (χ4v) is 3.84. The van der Waals surface area contributed by atoms with Gasteiger partial charge in [0.1, 0.15) is 5.82 Å². The van der Waals surface area contributed by atoms with E-state index >= 15 is 0 Å². The zero-order chi connectivity index (χ0) is 16.9. The third kappa shape index (κ3) is 2.66. The van der Waals surface area contributed by atoms with Crippen LogP contribution in [0.4, 0.5) is 10.1 Å². The average Bonchev–Trinajstić information content (AvgIpc) is 2.42. The normalized spacial score (nSPS) is 15.7. The first-order chi connectivity index (χ1) is 10.7. The van der Waals surface area contributed by atoms with Gasteiger partial charge in [0.05, 0.1) is 10.6 Å². The zero-order valence-corrected chi connectivity index (χ0v) is 14.9. The standard InChI is InChI=1S/C20H21ClFN/c1-11-7-6-8-15(22)16(11)14-9-12(2)19-17(18(14)21)13(3)10-20(4,5)23-19/h6-10,23H,1-5H3. The van der Waals surface area contributed by atoms with Crippen molar-refractivity contribution < 1.29 is 4.39 Å². The molecule has 0 atom stereocenters. The summed E-state index contributed by atoms with van der Waals surface area (Å²) >= 11 is 6.72. The molecule has 23 heavy (non-hydrogen) atoms. The molecule has 1 nitrogen and oxygen atoms in total. The number of aryl methyl sites for hydroxylation is 2. The van der Waals surface area contributed by atoms with E-state index in [0.29, 0.717) is 10.6 Å². The van der Waals surface area contributed by atoms with Crippen molar-refractivity contribution >= 4 is 22.9 Å². The van der Waals surface area contributed by atoms with Crippen molar-refractivity contribution in [3.63, 3.8) is 0 Å². The van der Waals surface area contributed by atoms with Gasteiger partial charge in [0.25, 0.3) is 0 Å². The number of nitrogens with one attached hydrogen (secondary N) is 1. The van der Waals surface area contributed by atoms with Gasteiger partial charge in [0.15, 0.2) is 0 Å². The molecule has 1 aliphatic heterocycles. The van der Waals surface area contributed by atoms with Crippen LogP contribution < -0.4 is 5.32 Å². The summed E-state index contributed by atoms with van der Waals surface area (Å²) in [6.07, 6.45) is 2.17. The van der Waals surface area contributed by atoms with Crippen molar-refractivity contribution in [1.29, 1.82) is 0 Å². The summed E-state index contributed by atoms with van der Waals surface area (Å²) in [5, 5.41) is 4.14. The molecule has 0 saturated carbocycles. The summed E-state index contributed by atoms with van der Waals surface area (Å²) in [7, 11) is 0. The highest BCUT2D eigenvalue weighted by atomic mass is 35.5. The second-order valence-electron chi connectivity index (χ2n) is 6.91. The number of benzene rings is 2. The third-order valence-electron chi connectivity index (χ3n) is 4.37. The Morgan fingerprint density at radius 1 is 1.04 bits per heavy atom. The molecule has 1 aliphatic rings. The summed E-state index contributed by atoms with van der Waals surface area (Å²) in [5.74, 6) is -0.239. The molecule has 0 spiro atoms. The SMILES string of the molecule is CC1=CC(C)(C)Nc2c(C)cc(-c3c(C)cccc3F)c(Cl)c21. The van der Waals surface area contributed by atoms with Crippen molar-refractivity contribution in [2.45, 2.75) is 40.2 Å². The fourth-order valence-electron chi connectivity index (χ4n) is 3.45. The fraction of sp³-hybridized carbons (Fsp3) is 0.300. The highest BCUT2D eigenvalue weighted by Crippen LogP contribution is 2.45. The molecule has 3 heteroatoms. The molecular formula is C20H21ClFN. The number of fused-ring (bicyclic) bond motifs is 1. The molecule has 0 aromatic heterocycles. The number of halogens is 2. The number of hydrogen-bond acceptors (Lipinski definition) is 1. The molecule has 0 bridgehead atoms. The van der Waals surface area contributed by atoms with Crippen LogP contribution in [0.5, 0.6) is 0 Å². The van der Waals surface area contributed by atoms with E-state index in [-0.39, 0.29) is 11.4 Å². The largest absolute Gasteiger partial charge is 0.376 e. The maximum atomic E-state index is 14.4. The van der Waals surface area contributed by atoms with E-state index in [1.54, 1.807) is 6.07 Å². The van der Waals surface area contributed by atoms with Gasteiger partial charge in [-0.1, -0.05) is 29.8 Å². The molecule has 1 heterocycles. The smallest absolute Gasteiger partial charge is 0.131 e.